The van der Waals surface area contributed by atoms with Crippen LogP contribution in [-0.2, 0) is 5.54 Å². The van der Waals surface area contributed by atoms with Gasteiger partial charge in [0.2, 0.25) is 0 Å². The SMILES string of the molecule is CCN1c2cccnc2-n2cccc2[C@]12CCN(C(=O)c1ccc(C)c(O)c1)C2. The minimum absolute atomic E-state index is 0.0386. The second kappa shape index (κ2) is 6.37. The summed E-state index contributed by atoms with van der Waals surface area (Å²) in [7, 11) is 0. The Morgan fingerprint density at radius 3 is 2.90 bits per heavy atom. The third-order valence-electron chi connectivity index (χ3n) is 6.33. The molecule has 2 aliphatic rings. The van der Waals surface area contributed by atoms with Crippen LogP contribution in [0.2, 0.25) is 0 Å². The Labute approximate surface area is 170 Å². The van der Waals surface area contributed by atoms with E-state index in [1.165, 1.54) is 5.69 Å². The lowest BCUT2D eigenvalue weighted by atomic mass is 9.89. The number of nitrogens with zero attached hydrogens (tertiary/aromatic N) is 4. The van der Waals surface area contributed by atoms with Crippen molar-refractivity contribution in [1.82, 2.24) is 14.5 Å². The highest BCUT2D eigenvalue weighted by Crippen LogP contribution is 2.47. The molecule has 2 aliphatic heterocycles. The summed E-state index contributed by atoms with van der Waals surface area (Å²) in [5, 5.41) is 10.0. The van der Waals surface area contributed by atoms with Crippen molar-refractivity contribution in [3.8, 4) is 11.6 Å². The van der Waals surface area contributed by atoms with Crippen LogP contribution in [0.3, 0.4) is 0 Å². The smallest absolute Gasteiger partial charge is 0.254 e. The summed E-state index contributed by atoms with van der Waals surface area (Å²) in [6.45, 7) is 6.09. The van der Waals surface area contributed by atoms with Crippen molar-refractivity contribution in [2.24, 2.45) is 0 Å². The molecular formula is C23H24N4O2. The number of phenols is 1. The molecule has 1 saturated heterocycles. The molecule has 29 heavy (non-hydrogen) atoms. The first-order valence-corrected chi connectivity index (χ1v) is 10.0. The van der Waals surface area contributed by atoms with E-state index in [-0.39, 0.29) is 17.2 Å². The van der Waals surface area contributed by atoms with Gasteiger partial charge in [-0.1, -0.05) is 6.07 Å². The van der Waals surface area contributed by atoms with Gasteiger partial charge in [-0.3, -0.25) is 4.79 Å². The topological polar surface area (TPSA) is 61.6 Å². The molecule has 3 aromatic rings. The van der Waals surface area contributed by atoms with Crippen molar-refractivity contribution in [3.63, 3.8) is 0 Å². The van der Waals surface area contributed by atoms with E-state index in [0.717, 1.165) is 30.0 Å². The van der Waals surface area contributed by atoms with Crippen LogP contribution < -0.4 is 4.90 Å². The standard InChI is InChI=1S/C23H24N4O2/c1-3-27-18-6-4-11-24-21(18)26-12-5-7-20(26)23(27)10-13-25(15-23)22(29)17-9-8-16(2)19(28)14-17/h4-9,11-12,14,28H,3,10,13,15H2,1-2H3/t23-/m1/s1. The van der Waals surface area contributed by atoms with Gasteiger partial charge in [-0.25, -0.2) is 4.98 Å². The Bertz CT molecular complexity index is 1110. The molecule has 0 aliphatic carbocycles. The predicted octanol–water partition coefficient (Wildman–Crippen LogP) is 3.47. The molecule has 6 nitrogen and oxygen atoms in total. The van der Waals surface area contributed by atoms with Crippen LogP contribution in [0.1, 0.15) is 35.0 Å². The molecule has 0 unspecified atom stereocenters. The molecular weight excluding hydrogens is 364 g/mol. The van der Waals surface area contributed by atoms with Crippen LogP contribution in [0.4, 0.5) is 5.69 Å². The molecule has 0 bridgehead atoms. The van der Waals surface area contributed by atoms with E-state index in [2.05, 4.69) is 45.8 Å². The first-order chi connectivity index (χ1) is 14.0. The van der Waals surface area contributed by atoms with Crippen LogP contribution in [-0.4, -0.2) is 45.1 Å². The Morgan fingerprint density at radius 2 is 2.10 bits per heavy atom. The zero-order chi connectivity index (χ0) is 20.2. The number of carbonyl (C=O) groups is 1. The predicted molar refractivity (Wildman–Crippen MR) is 112 cm³/mol. The summed E-state index contributed by atoms with van der Waals surface area (Å²) < 4.78 is 2.16. The third-order valence-corrected chi connectivity index (χ3v) is 6.33. The fourth-order valence-electron chi connectivity index (χ4n) is 4.89. The molecule has 0 saturated carbocycles. The maximum Gasteiger partial charge on any atom is 0.254 e. The number of hydrogen-bond acceptors (Lipinski definition) is 4. The zero-order valence-corrected chi connectivity index (χ0v) is 16.7. The molecule has 1 aromatic carbocycles. The lowest BCUT2D eigenvalue weighted by Gasteiger charge is -2.46. The van der Waals surface area contributed by atoms with Crippen molar-refractivity contribution < 1.29 is 9.90 Å². The fourth-order valence-corrected chi connectivity index (χ4v) is 4.89. The van der Waals surface area contributed by atoms with Crippen molar-refractivity contribution in [2.75, 3.05) is 24.5 Å². The van der Waals surface area contributed by atoms with Gasteiger partial charge >= 0.3 is 0 Å². The fraction of sp³-hybridized carbons (Fsp3) is 0.304. The van der Waals surface area contributed by atoms with Gasteiger partial charge in [0.25, 0.3) is 5.91 Å². The zero-order valence-electron chi connectivity index (χ0n) is 16.7. The number of aryl methyl sites for hydroxylation is 1. The molecule has 148 valence electrons. The van der Waals surface area contributed by atoms with Gasteiger partial charge in [0.15, 0.2) is 5.82 Å². The normalized spacial score (nSPS) is 20.1. The van der Waals surface area contributed by atoms with Gasteiger partial charge in [0.1, 0.15) is 11.3 Å². The van der Waals surface area contributed by atoms with Crippen LogP contribution in [0, 0.1) is 6.92 Å². The summed E-state index contributed by atoms with van der Waals surface area (Å²) in [5.41, 5.74) is 3.29. The molecule has 1 amide bonds. The van der Waals surface area contributed by atoms with E-state index in [1.54, 1.807) is 18.2 Å². The average Bonchev–Trinajstić information content (AvgIpc) is 3.39. The second-order valence-electron chi connectivity index (χ2n) is 7.86. The number of likely N-dealkylation sites (N-methyl/N-ethyl adjacent to an activating group) is 1. The number of aromatic nitrogens is 2. The van der Waals surface area contributed by atoms with Crippen molar-refractivity contribution >= 4 is 11.6 Å². The highest BCUT2D eigenvalue weighted by Gasteiger charge is 2.50. The molecule has 5 rings (SSSR count). The van der Waals surface area contributed by atoms with E-state index in [0.29, 0.717) is 18.7 Å². The van der Waals surface area contributed by atoms with Gasteiger partial charge in [-0.2, -0.15) is 0 Å². The largest absolute Gasteiger partial charge is 0.508 e. The van der Waals surface area contributed by atoms with Crippen LogP contribution in [0.5, 0.6) is 5.75 Å². The summed E-state index contributed by atoms with van der Waals surface area (Å²) in [5.74, 6) is 1.06. The highest BCUT2D eigenvalue weighted by molar-refractivity contribution is 5.95. The molecule has 2 aromatic heterocycles. The average molecular weight is 388 g/mol. The maximum atomic E-state index is 13.2. The number of rotatable bonds is 2. The number of carbonyl (C=O) groups excluding carboxylic acids is 1. The van der Waals surface area contributed by atoms with Crippen molar-refractivity contribution in [2.45, 2.75) is 25.8 Å². The lowest BCUT2D eigenvalue weighted by Crippen LogP contribution is -2.52. The van der Waals surface area contributed by atoms with Crippen LogP contribution in [0.25, 0.3) is 5.82 Å². The number of hydrogen-bond donors (Lipinski definition) is 1. The number of aromatic hydroxyl groups is 1. The molecule has 0 radical (unpaired) electrons. The highest BCUT2D eigenvalue weighted by atomic mass is 16.3. The van der Waals surface area contributed by atoms with E-state index in [9.17, 15) is 9.90 Å². The molecule has 1 atom stereocenters. The number of phenolic OH excluding ortho intramolecular Hbond substituents is 1. The van der Waals surface area contributed by atoms with Gasteiger partial charge in [-0.05, 0) is 62.2 Å². The number of benzene rings is 1. The summed E-state index contributed by atoms with van der Waals surface area (Å²) in [6, 6.07) is 13.4. The van der Waals surface area contributed by atoms with Crippen molar-refractivity contribution in [1.29, 1.82) is 0 Å². The quantitative estimate of drug-likeness (QED) is 0.730. The van der Waals surface area contributed by atoms with Gasteiger partial charge in [0, 0.05) is 37.6 Å². The Balaban J connectivity index is 1.55. The van der Waals surface area contributed by atoms with Crippen LogP contribution in [0.15, 0.2) is 54.9 Å². The van der Waals surface area contributed by atoms with Gasteiger partial charge in [0.05, 0.1) is 11.4 Å². The number of fused-ring (bicyclic) bond motifs is 4. The Kier molecular flexibility index (Phi) is 3.91. The number of amides is 1. The van der Waals surface area contributed by atoms with Gasteiger partial charge < -0.3 is 19.5 Å². The molecule has 1 spiro atoms. The summed E-state index contributed by atoms with van der Waals surface area (Å²) in [4.78, 5) is 22.1. The first kappa shape index (κ1) is 17.8. The van der Waals surface area contributed by atoms with E-state index in [1.807, 2.05) is 24.1 Å². The number of pyridine rings is 1. The van der Waals surface area contributed by atoms with E-state index >= 15 is 0 Å². The minimum atomic E-state index is -0.281. The molecule has 1 N–H and O–H groups in total. The van der Waals surface area contributed by atoms with Gasteiger partial charge in [-0.15, -0.1) is 0 Å². The Morgan fingerprint density at radius 1 is 1.24 bits per heavy atom. The molecule has 1 fully saturated rings. The maximum absolute atomic E-state index is 13.2. The molecule has 4 heterocycles. The van der Waals surface area contributed by atoms with Crippen molar-refractivity contribution in [3.05, 3.63) is 71.7 Å². The Hall–Kier alpha value is -3.28. The first-order valence-electron chi connectivity index (χ1n) is 10.0. The number of likely N-dealkylation sites (tertiary alicyclic amines) is 1. The summed E-state index contributed by atoms with van der Waals surface area (Å²) >= 11 is 0. The molecule has 6 heteroatoms. The summed E-state index contributed by atoms with van der Waals surface area (Å²) in [6.07, 6.45) is 4.73. The number of anilines is 1. The lowest BCUT2D eigenvalue weighted by molar-refractivity contribution is 0.0781. The monoisotopic (exact) mass is 388 g/mol. The minimum Gasteiger partial charge on any atom is -0.508 e. The van der Waals surface area contributed by atoms with E-state index in [4.69, 9.17) is 0 Å². The van der Waals surface area contributed by atoms with Crippen LogP contribution >= 0.6 is 0 Å². The third kappa shape index (κ3) is 2.48. The second-order valence-corrected chi connectivity index (χ2v) is 7.86. The van der Waals surface area contributed by atoms with E-state index < -0.39 is 0 Å².